The average Bonchev–Trinajstić information content (AvgIpc) is 3.81. The molecule has 258 valence electrons. The number of nitrogens with zero attached hydrogens (tertiary/aromatic N) is 2. The molecule has 0 radical (unpaired) electrons. The SMILES string of the molecule is c1ccc(-c2cccc(N(c3ccc(-c4ccc5c(ccc6oc7ccccc7c65)c4)cc3)c3ccc4c(c3)c3ccccc3n4-c3ccccc3)c2)cc1. The van der Waals surface area contributed by atoms with Gasteiger partial charge in [0.05, 0.1) is 11.0 Å². The molecule has 0 aliphatic rings. The monoisotopic (exact) mass is 702 g/mol. The summed E-state index contributed by atoms with van der Waals surface area (Å²) in [5, 5.41) is 7.17. The normalized spacial score (nSPS) is 11.6. The highest BCUT2D eigenvalue weighted by molar-refractivity contribution is 6.19. The van der Waals surface area contributed by atoms with Crippen molar-refractivity contribution in [3.8, 4) is 27.9 Å². The van der Waals surface area contributed by atoms with Gasteiger partial charge in [-0.05, 0) is 112 Å². The molecule has 3 nitrogen and oxygen atoms in total. The van der Waals surface area contributed by atoms with Gasteiger partial charge in [-0.3, -0.25) is 0 Å². The number of para-hydroxylation sites is 3. The zero-order chi connectivity index (χ0) is 36.3. The Morgan fingerprint density at radius 2 is 0.982 bits per heavy atom. The quantitative estimate of drug-likeness (QED) is 0.172. The molecule has 0 N–H and O–H groups in total. The summed E-state index contributed by atoms with van der Waals surface area (Å²) in [6.45, 7) is 0. The van der Waals surface area contributed by atoms with Gasteiger partial charge >= 0.3 is 0 Å². The van der Waals surface area contributed by atoms with Crippen molar-refractivity contribution in [1.29, 1.82) is 0 Å². The van der Waals surface area contributed by atoms with Crippen molar-refractivity contribution in [3.63, 3.8) is 0 Å². The summed E-state index contributed by atoms with van der Waals surface area (Å²) in [5.41, 5.74) is 13.4. The van der Waals surface area contributed by atoms with Gasteiger partial charge in [0.1, 0.15) is 11.2 Å². The van der Waals surface area contributed by atoms with Gasteiger partial charge in [0.15, 0.2) is 0 Å². The topological polar surface area (TPSA) is 21.3 Å². The summed E-state index contributed by atoms with van der Waals surface area (Å²) in [6.07, 6.45) is 0. The Morgan fingerprint density at radius 1 is 0.345 bits per heavy atom. The first-order valence-corrected chi connectivity index (χ1v) is 18.8. The maximum atomic E-state index is 6.18. The Morgan fingerprint density at radius 3 is 1.84 bits per heavy atom. The highest BCUT2D eigenvalue weighted by Crippen LogP contribution is 2.42. The lowest BCUT2D eigenvalue weighted by Gasteiger charge is -2.26. The van der Waals surface area contributed by atoms with Gasteiger partial charge in [0.2, 0.25) is 0 Å². The van der Waals surface area contributed by atoms with E-state index in [9.17, 15) is 0 Å². The minimum Gasteiger partial charge on any atom is -0.456 e. The summed E-state index contributed by atoms with van der Waals surface area (Å²) in [4.78, 5) is 2.38. The van der Waals surface area contributed by atoms with Crippen LogP contribution in [0.3, 0.4) is 0 Å². The van der Waals surface area contributed by atoms with Crippen molar-refractivity contribution in [2.75, 3.05) is 4.90 Å². The standard InChI is InChI=1S/C52H34N2O/c1-3-12-35(13-4-1)37-14-11-17-42(33-37)53(43-28-30-49-47(34-43)45-18-7-9-20-48(45)54(49)40-15-5-2-6-16-40)41-26-22-36(23-27-41)38-24-29-44-39(32-38)25-31-51-52(44)46-19-8-10-21-50(46)55-51/h1-34H. The largest absolute Gasteiger partial charge is 0.456 e. The smallest absolute Gasteiger partial charge is 0.136 e. The first kappa shape index (κ1) is 31.2. The van der Waals surface area contributed by atoms with Crippen LogP contribution in [0.4, 0.5) is 17.1 Å². The molecule has 2 aromatic heterocycles. The molecular weight excluding hydrogens is 669 g/mol. The number of benzene rings is 9. The average molecular weight is 703 g/mol. The van der Waals surface area contributed by atoms with Crippen LogP contribution < -0.4 is 4.90 Å². The molecule has 0 spiro atoms. The van der Waals surface area contributed by atoms with Gasteiger partial charge in [-0.2, -0.15) is 0 Å². The highest BCUT2D eigenvalue weighted by Gasteiger charge is 2.18. The molecule has 0 aliphatic carbocycles. The van der Waals surface area contributed by atoms with Gasteiger partial charge < -0.3 is 13.9 Å². The van der Waals surface area contributed by atoms with Crippen molar-refractivity contribution < 1.29 is 4.42 Å². The van der Waals surface area contributed by atoms with Crippen LogP contribution in [0.15, 0.2) is 211 Å². The van der Waals surface area contributed by atoms with Crippen LogP contribution in [0.2, 0.25) is 0 Å². The highest BCUT2D eigenvalue weighted by atomic mass is 16.3. The molecule has 11 aromatic rings. The van der Waals surface area contributed by atoms with Crippen molar-refractivity contribution in [2.45, 2.75) is 0 Å². The second-order valence-electron chi connectivity index (χ2n) is 14.2. The molecule has 0 amide bonds. The Bertz CT molecular complexity index is 3190. The third kappa shape index (κ3) is 5.20. The van der Waals surface area contributed by atoms with Crippen LogP contribution >= 0.6 is 0 Å². The van der Waals surface area contributed by atoms with Crippen molar-refractivity contribution in [2.24, 2.45) is 0 Å². The molecule has 9 aromatic carbocycles. The van der Waals surface area contributed by atoms with Crippen LogP contribution in [-0.4, -0.2) is 4.57 Å². The maximum Gasteiger partial charge on any atom is 0.136 e. The number of furan rings is 1. The van der Waals surface area contributed by atoms with Crippen molar-refractivity contribution in [3.05, 3.63) is 206 Å². The summed E-state index contributed by atoms with van der Waals surface area (Å²) in [6, 6.07) is 74.0. The van der Waals surface area contributed by atoms with Crippen molar-refractivity contribution in [1.82, 2.24) is 4.57 Å². The van der Waals surface area contributed by atoms with E-state index in [1.165, 1.54) is 60.2 Å². The molecule has 0 bridgehead atoms. The zero-order valence-electron chi connectivity index (χ0n) is 29.9. The lowest BCUT2D eigenvalue weighted by Crippen LogP contribution is -2.10. The molecule has 2 heterocycles. The lowest BCUT2D eigenvalue weighted by atomic mass is 9.98. The molecule has 0 atom stereocenters. The number of hydrogen-bond donors (Lipinski definition) is 0. The van der Waals surface area contributed by atoms with Gasteiger partial charge in [-0.1, -0.05) is 127 Å². The number of aromatic nitrogens is 1. The molecule has 3 heteroatoms. The Kier molecular flexibility index (Phi) is 7.17. The molecule has 0 aliphatic heterocycles. The Balaban J connectivity index is 1.05. The van der Waals surface area contributed by atoms with E-state index in [1.807, 2.05) is 12.1 Å². The van der Waals surface area contributed by atoms with Crippen LogP contribution in [-0.2, 0) is 0 Å². The molecule has 55 heavy (non-hydrogen) atoms. The van der Waals surface area contributed by atoms with Crippen LogP contribution in [0.25, 0.3) is 82.5 Å². The number of anilines is 3. The van der Waals surface area contributed by atoms with Crippen LogP contribution in [0, 0.1) is 0 Å². The van der Waals surface area contributed by atoms with Crippen LogP contribution in [0.1, 0.15) is 0 Å². The van der Waals surface area contributed by atoms with E-state index in [-0.39, 0.29) is 0 Å². The van der Waals surface area contributed by atoms with E-state index in [2.05, 4.69) is 204 Å². The van der Waals surface area contributed by atoms with Crippen LogP contribution in [0.5, 0.6) is 0 Å². The third-order valence-electron chi connectivity index (χ3n) is 11.0. The second kappa shape index (κ2) is 12.6. The fourth-order valence-electron chi connectivity index (χ4n) is 8.39. The predicted octanol–water partition coefficient (Wildman–Crippen LogP) is 14.6. The first-order chi connectivity index (χ1) is 27.3. The second-order valence-corrected chi connectivity index (χ2v) is 14.2. The number of hydrogen-bond acceptors (Lipinski definition) is 2. The minimum atomic E-state index is 0.921. The Hall–Kier alpha value is -7.36. The van der Waals surface area contributed by atoms with Gasteiger partial charge in [-0.25, -0.2) is 0 Å². The summed E-state index contributed by atoms with van der Waals surface area (Å²) >= 11 is 0. The first-order valence-electron chi connectivity index (χ1n) is 18.8. The molecule has 0 fully saturated rings. The van der Waals surface area contributed by atoms with E-state index in [0.29, 0.717) is 0 Å². The van der Waals surface area contributed by atoms with E-state index in [4.69, 9.17) is 4.42 Å². The third-order valence-corrected chi connectivity index (χ3v) is 11.0. The van der Waals surface area contributed by atoms with E-state index in [0.717, 1.165) is 39.3 Å². The predicted molar refractivity (Wildman–Crippen MR) is 231 cm³/mol. The van der Waals surface area contributed by atoms with E-state index >= 15 is 0 Å². The molecule has 0 saturated carbocycles. The van der Waals surface area contributed by atoms with Gasteiger partial charge in [0.25, 0.3) is 0 Å². The number of fused-ring (bicyclic) bond motifs is 8. The number of rotatable bonds is 6. The van der Waals surface area contributed by atoms with E-state index in [1.54, 1.807) is 0 Å². The minimum absolute atomic E-state index is 0.921. The summed E-state index contributed by atoms with van der Waals surface area (Å²) in [7, 11) is 0. The fraction of sp³-hybridized carbons (Fsp3) is 0. The zero-order valence-corrected chi connectivity index (χ0v) is 29.9. The molecular formula is C52H34N2O. The lowest BCUT2D eigenvalue weighted by molar-refractivity contribution is 0.669. The maximum absolute atomic E-state index is 6.18. The summed E-state index contributed by atoms with van der Waals surface area (Å²) in [5.74, 6) is 0. The fourth-order valence-corrected chi connectivity index (χ4v) is 8.39. The van der Waals surface area contributed by atoms with Gasteiger partial charge in [0, 0.05) is 44.3 Å². The van der Waals surface area contributed by atoms with Crippen molar-refractivity contribution >= 4 is 71.6 Å². The van der Waals surface area contributed by atoms with E-state index < -0.39 is 0 Å². The summed E-state index contributed by atoms with van der Waals surface area (Å²) < 4.78 is 8.54. The Labute approximate surface area is 318 Å². The molecule has 0 unspecified atom stereocenters. The van der Waals surface area contributed by atoms with Gasteiger partial charge in [-0.15, -0.1) is 0 Å². The molecule has 0 saturated heterocycles. The molecule has 11 rings (SSSR count).